The van der Waals surface area contributed by atoms with Gasteiger partial charge in [0.1, 0.15) is 40.7 Å². The van der Waals surface area contributed by atoms with Crippen molar-refractivity contribution in [2.75, 3.05) is 27.9 Å². The normalized spacial score (nSPS) is 21.9. The van der Waals surface area contributed by atoms with Crippen LogP contribution in [0.4, 0.5) is 100.0 Å². The third-order valence-corrected chi connectivity index (χ3v) is 21.1. The zero-order valence-electron chi connectivity index (χ0n) is 61.5. The second-order valence-corrected chi connectivity index (χ2v) is 30.3. The second kappa shape index (κ2) is 33.1. The third-order valence-electron chi connectivity index (χ3n) is 19.9. The Bertz CT molecular complexity index is 5710. The van der Waals surface area contributed by atoms with E-state index in [-0.39, 0.29) is 121 Å². The van der Waals surface area contributed by atoms with Crippen LogP contribution in [0, 0.1) is 23.2 Å². The summed E-state index contributed by atoms with van der Waals surface area (Å²) in [4.78, 5) is 82.8. The Morgan fingerprint density at radius 2 is 0.941 bits per heavy atom. The molecule has 0 saturated heterocycles. The van der Waals surface area contributed by atoms with E-state index in [0.29, 0.717) is 0 Å². The van der Waals surface area contributed by atoms with Gasteiger partial charge in [0.25, 0.3) is 16.7 Å². The van der Waals surface area contributed by atoms with Gasteiger partial charge in [0.05, 0.1) is 42.1 Å². The molecule has 6 aliphatic rings. The van der Waals surface area contributed by atoms with E-state index >= 15 is 13.2 Å². The SMILES string of the molecule is CC(C)OC(OC(C)C)C1(C(F)(F)F)c2cc(Cl)ccc2Nc2c1cc[nH]c2=O.CC(C)OCC1(C(F)(F)F)c2cc(Cl)ccc2Nc2c1cc[nH]c2=O.N#CC1(C(F)(F)F)c2cc(Cl)ccc2NC2C(=O)NC=CC21.O=CC1(C(F)(F)F)c2cc(Cl)ccc2NC2C(=O)NC=CC21.O=c1[nH]ccc2c(C(F)(F)F)c3cc(Cl)ccc3nc12. The fourth-order valence-corrected chi connectivity index (χ4v) is 15.7. The average Bonchev–Trinajstić information content (AvgIpc) is 0.698. The van der Waals surface area contributed by atoms with Crippen LogP contribution in [-0.4, -0.2) is 106 Å². The minimum Gasteiger partial charge on any atom is -0.377 e. The van der Waals surface area contributed by atoms with Gasteiger partial charge in [0.15, 0.2) is 22.5 Å². The average molecular weight is 1760 g/mol. The highest BCUT2D eigenvalue weighted by molar-refractivity contribution is 6.32. The summed E-state index contributed by atoms with van der Waals surface area (Å²) in [5.41, 5.74) is -15.1. The zero-order valence-corrected chi connectivity index (χ0v) is 65.2. The second-order valence-electron chi connectivity index (χ2n) is 28.1. The van der Waals surface area contributed by atoms with Gasteiger partial charge in [-0.05, 0) is 162 Å². The van der Waals surface area contributed by atoms with Gasteiger partial charge < -0.3 is 65.9 Å². The molecule has 8 unspecified atom stereocenters. The molecule has 10 heterocycles. The summed E-state index contributed by atoms with van der Waals surface area (Å²) in [6.07, 6.45) is -19.2. The molecule has 0 bridgehead atoms. The summed E-state index contributed by atoms with van der Waals surface area (Å²) in [5.74, 6) is -4.00. The van der Waals surface area contributed by atoms with E-state index in [1.165, 1.54) is 128 Å². The first-order valence-electron chi connectivity index (χ1n) is 35.1. The number of halogens is 20. The quantitative estimate of drug-likeness (QED) is 0.0281. The highest BCUT2D eigenvalue weighted by Crippen LogP contribution is 2.60. The lowest BCUT2D eigenvalue weighted by molar-refractivity contribution is -0.286. The van der Waals surface area contributed by atoms with Crippen molar-refractivity contribution in [2.45, 2.75) is 131 Å². The number of nitrogens with one attached hydrogen (secondary N) is 9. The number of fused-ring (bicyclic) bond motifs is 10. The first-order valence-corrected chi connectivity index (χ1v) is 36.9. The molecule has 6 aliphatic heterocycles. The zero-order chi connectivity index (χ0) is 86.7. The third kappa shape index (κ3) is 16.0. The molecule has 624 valence electrons. The number of aldehydes is 1. The number of aromatic nitrogens is 4. The number of H-pyrrole nitrogens is 3. The lowest BCUT2D eigenvalue weighted by Crippen LogP contribution is -2.62. The van der Waals surface area contributed by atoms with E-state index in [4.69, 9.17) is 72.2 Å². The maximum atomic E-state index is 15.0. The van der Waals surface area contributed by atoms with Crippen LogP contribution in [0.25, 0.3) is 21.8 Å². The smallest absolute Gasteiger partial charge is 0.377 e. The monoisotopic (exact) mass is 1760 g/mol. The Balaban J connectivity index is 0.000000145. The molecule has 5 aromatic carbocycles. The van der Waals surface area contributed by atoms with Crippen molar-refractivity contribution in [1.82, 2.24) is 30.6 Å². The van der Waals surface area contributed by atoms with E-state index in [1.54, 1.807) is 41.5 Å². The van der Waals surface area contributed by atoms with Crippen LogP contribution in [0.2, 0.25) is 25.1 Å². The van der Waals surface area contributed by atoms with Gasteiger partial charge in [-0.15, -0.1) is 0 Å². The van der Waals surface area contributed by atoms with E-state index in [9.17, 15) is 86.7 Å². The van der Waals surface area contributed by atoms with E-state index in [0.717, 1.165) is 30.7 Å². The van der Waals surface area contributed by atoms with Crippen molar-refractivity contribution in [2.24, 2.45) is 11.8 Å². The van der Waals surface area contributed by atoms with Gasteiger partial charge in [-0.2, -0.15) is 71.1 Å². The standard InChI is InChI=1S/C20H22ClF3N2O3.C17H16ClF3N2O2.C14H9ClF3N3O.C14H10ClF3N2O2.C13H6ClF3N2O/c1-10(2)28-18(29-11(3)4)19(20(22,23)24)13-7-8-25-17(27)16(13)26-15-6-5-12(21)9-14(15)19;1-9(2)25-8-16(17(19,20)21)11-5-6-22-15(24)14(11)23-13-4-3-10(18)7-12(13)16;15-7-1-2-10-9(5-7)13(6-19,14(16,17)18)8-3-4-20-12(22)11(8)21-10;15-7-1-2-10-9(5-7)13(6-21,14(16,17)18)8-3-4-19-12(22)11(8)20-10;14-6-1-2-9-8(5-6)10(13(15,16)17)7-3-4-18-12(20)11(7)19-9/h5-11,18,26H,1-4H3,(H,25,27);3-7,9,23H,8H2,1-2H3,(H,22,24);1-5,8,11,21H,(H,20,22);1-6,8,11,20H,(H,19,22);1-5H,(H,18,20). The molecule has 20 nitrogen and oxygen atoms in total. The maximum Gasteiger partial charge on any atom is 0.417 e. The van der Waals surface area contributed by atoms with Crippen molar-refractivity contribution in [3.05, 3.63) is 247 Å². The Kier molecular flexibility index (Phi) is 24.8. The summed E-state index contributed by atoms with van der Waals surface area (Å²) >= 11 is 29.4. The number of hydrogen-bond acceptors (Lipinski definition) is 15. The van der Waals surface area contributed by atoms with Gasteiger partial charge in [0, 0.05) is 124 Å². The first kappa shape index (κ1) is 88.5. The van der Waals surface area contributed by atoms with Gasteiger partial charge in [-0.25, -0.2) is 4.98 Å². The predicted molar refractivity (Wildman–Crippen MR) is 411 cm³/mol. The van der Waals surface area contributed by atoms with Gasteiger partial charge in [-0.3, -0.25) is 24.0 Å². The molecule has 40 heteroatoms. The number of anilines is 6. The molecule has 0 aliphatic carbocycles. The Morgan fingerprint density at radius 1 is 0.492 bits per heavy atom. The number of pyridine rings is 4. The van der Waals surface area contributed by atoms with E-state index in [1.807, 2.05) is 0 Å². The number of benzene rings is 5. The van der Waals surface area contributed by atoms with Crippen LogP contribution in [0.5, 0.6) is 0 Å². The van der Waals surface area contributed by atoms with E-state index in [2.05, 4.69) is 51.8 Å². The van der Waals surface area contributed by atoms with Crippen molar-refractivity contribution >= 4 is 132 Å². The summed E-state index contributed by atoms with van der Waals surface area (Å²) in [6, 6.07) is 22.7. The molecule has 0 spiro atoms. The predicted octanol–water partition coefficient (Wildman–Crippen LogP) is 18.3. The number of nitrogens with zero attached hydrogens (tertiary/aromatic N) is 2. The number of carbonyl (C=O) groups is 3. The van der Waals surface area contributed by atoms with Crippen LogP contribution < -0.4 is 48.6 Å². The Hall–Kier alpha value is -10.3. The molecule has 2 amide bonds. The highest BCUT2D eigenvalue weighted by Gasteiger charge is 2.70. The van der Waals surface area contributed by atoms with Gasteiger partial charge in [-0.1, -0.05) is 70.2 Å². The number of rotatable bonds is 9. The van der Waals surface area contributed by atoms with E-state index < -0.39 is 142 Å². The van der Waals surface area contributed by atoms with Crippen LogP contribution in [0.3, 0.4) is 0 Å². The summed E-state index contributed by atoms with van der Waals surface area (Å²) in [6.45, 7) is 9.16. The molecular weight excluding hydrogens is 1700 g/mol. The molecule has 0 fully saturated rings. The number of carbonyl (C=O) groups excluding carboxylic acids is 3. The molecule has 9 aromatic rings. The van der Waals surface area contributed by atoms with Crippen molar-refractivity contribution in [3.63, 3.8) is 0 Å². The molecule has 4 aromatic heterocycles. The minimum atomic E-state index is -4.87. The highest BCUT2D eigenvalue weighted by atomic mass is 35.5. The maximum absolute atomic E-state index is 15.0. The lowest BCUT2D eigenvalue weighted by Gasteiger charge is -2.46. The van der Waals surface area contributed by atoms with Crippen molar-refractivity contribution < 1.29 is 94.5 Å². The number of amides is 2. The van der Waals surface area contributed by atoms with Crippen LogP contribution in [-0.2, 0) is 56.4 Å². The molecule has 0 radical (unpaired) electrons. The minimum absolute atomic E-state index is 0.0637. The Morgan fingerprint density at radius 3 is 1.43 bits per heavy atom. The number of hydrogen-bond donors (Lipinski definition) is 9. The van der Waals surface area contributed by atoms with Crippen molar-refractivity contribution in [1.29, 1.82) is 5.26 Å². The lowest BCUT2D eigenvalue weighted by atomic mass is 9.64. The molecule has 9 N–H and O–H groups in total. The molecule has 118 heavy (non-hydrogen) atoms. The molecular formula is C78H63Cl5F15N11O9. The molecule has 15 rings (SSSR count). The number of alkyl halides is 15. The number of nitriles is 1. The van der Waals surface area contributed by atoms with Crippen LogP contribution in [0.1, 0.15) is 80.5 Å². The van der Waals surface area contributed by atoms with Crippen LogP contribution in [0.15, 0.2) is 167 Å². The summed E-state index contributed by atoms with van der Waals surface area (Å²) in [7, 11) is 0. The van der Waals surface area contributed by atoms with Crippen LogP contribution >= 0.6 is 58.0 Å². The number of ether oxygens (including phenoxy) is 3. The summed E-state index contributed by atoms with van der Waals surface area (Å²) < 4.78 is 228. The Labute approximate surface area is 682 Å². The van der Waals surface area contributed by atoms with Gasteiger partial charge in [0.2, 0.25) is 11.8 Å². The van der Waals surface area contributed by atoms with Gasteiger partial charge >= 0.3 is 30.9 Å². The topological polar surface area (TPSA) is 286 Å². The van der Waals surface area contributed by atoms with Crippen molar-refractivity contribution in [3.8, 4) is 6.07 Å². The fraction of sp³-hybridized carbons (Fsp3) is 0.308. The largest absolute Gasteiger partial charge is 0.417 e. The summed E-state index contributed by atoms with van der Waals surface area (Å²) in [5, 5.41) is 25.5. The number of aromatic amines is 3. The first-order chi connectivity index (χ1) is 55.1. The molecule has 8 atom stereocenters. The fourth-order valence-electron chi connectivity index (χ4n) is 14.9. The molecule has 0 saturated carbocycles.